The number of amides is 1. The van der Waals surface area contributed by atoms with E-state index >= 15 is 0 Å². The van der Waals surface area contributed by atoms with Crippen molar-refractivity contribution < 1.29 is 22.5 Å². The highest BCUT2D eigenvalue weighted by Crippen LogP contribution is 2.33. The zero-order valence-electron chi connectivity index (χ0n) is 22.1. The van der Waals surface area contributed by atoms with Crippen molar-refractivity contribution in [3.8, 4) is 11.3 Å². The molecule has 1 amide bonds. The number of aromatic nitrogens is 8. The number of alkyl halides is 3. The van der Waals surface area contributed by atoms with Gasteiger partial charge in [0.05, 0.1) is 17.6 Å². The predicted octanol–water partition coefficient (Wildman–Crippen LogP) is 2.62. The van der Waals surface area contributed by atoms with Gasteiger partial charge in [-0.2, -0.15) is 18.2 Å². The molecule has 5 aromatic heterocycles. The maximum absolute atomic E-state index is 13.4. The minimum Gasteiger partial charge on any atom is -0.337 e. The number of halogens is 3. The Morgan fingerprint density at radius 3 is 2.59 bits per heavy atom. The van der Waals surface area contributed by atoms with Crippen LogP contribution < -0.4 is 16.6 Å². The van der Waals surface area contributed by atoms with Crippen molar-refractivity contribution in [1.82, 2.24) is 38.8 Å². The Kier molecular flexibility index (Phi) is 6.76. The molecule has 0 unspecified atom stereocenters. The van der Waals surface area contributed by atoms with Crippen LogP contribution in [0.5, 0.6) is 0 Å². The van der Waals surface area contributed by atoms with Gasteiger partial charge in [-0.05, 0) is 39.0 Å². The number of carbonyl (C=O) groups excluding carboxylic acids is 1. The minimum atomic E-state index is -4.59. The largest absolute Gasteiger partial charge is 0.418 e. The third-order valence-electron chi connectivity index (χ3n) is 6.41. The summed E-state index contributed by atoms with van der Waals surface area (Å²) < 4.78 is 48.5. The van der Waals surface area contributed by atoms with Crippen LogP contribution in [0.4, 0.5) is 19.0 Å². The second-order valence-corrected chi connectivity index (χ2v) is 9.22. The van der Waals surface area contributed by atoms with Crippen molar-refractivity contribution in [2.75, 3.05) is 5.32 Å². The van der Waals surface area contributed by atoms with Gasteiger partial charge in [-0.3, -0.25) is 19.1 Å². The molecule has 0 fully saturated rings. The van der Waals surface area contributed by atoms with Gasteiger partial charge in [-0.15, -0.1) is 0 Å². The number of anilines is 1. The fourth-order valence-electron chi connectivity index (χ4n) is 4.24. The first-order chi connectivity index (χ1) is 19.3. The van der Waals surface area contributed by atoms with Crippen LogP contribution in [-0.4, -0.2) is 44.7 Å². The van der Waals surface area contributed by atoms with Crippen LogP contribution in [0.2, 0.25) is 0 Å². The summed E-state index contributed by atoms with van der Waals surface area (Å²) in [6.07, 6.45) is -2.06. The fourth-order valence-corrected chi connectivity index (χ4v) is 4.24. The molecule has 0 saturated heterocycles. The molecule has 0 aliphatic heterocycles. The molecule has 5 aromatic rings. The zero-order valence-corrected chi connectivity index (χ0v) is 22.1. The molecule has 5 heterocycles. The predicted molar refractivity (Wildman–Crippen MR) is 138 cm³/mol. The number of fused-ring (bicyclic) bond motifs is 1. The summed E-state index contributed by atoms with van der Waals surface area (Å²) in [5.41, 5.74) is -2.12. The zero-order chi connectivity index (χ0) is 29.6. The average molecular weight is 570 g/mol. The summed E-state index contributed by atoms with van der Waals surface area (Å²) in [5, 5.41) is 6.27. The molecule has 212 valence electrons. The molecule has 41 heavy (non-hydrogen) atoms. The normalized spacial score (nSPS) is 12.6. The number of hydrogen-bond donors (Lipinski definition) is 1. The highest BCUT2D eigenvalue weighted by molar-refractivity contribution is 5.93. The van der Waals surface area contributed by atoms with Crippen LogP contribution in [-0.2, 0) is 24.6 Å². The molecule has 0 aliphatic rings. The Balaban J connectivity index is 1.45. The van der Waals surface area contributed by atoms with E-state index in [1.54, 1.807) is 6.92 Å². The lowest BCUT2D eigenvalue weighted by atomic mass is 10.1. The van der Waals surface area contributed by atoms with E-state index in [0.717, 1.165) is 15.2 Å². The van der Waals surface area contributed by atoms with Gasteiger partial charge < -0.3 is 14.4 Å². The SMILES string of the molecule is Cc1noc(Cn2c(=O)c3c(ncn3[C@@H](C)C(=O)Nc3cccc(-c4cnc(C)c(C(F)(F)F)c4)n3)n(C)c2=O)n1. The number of pyridine rings is 2. The molecule has 1 N–H and O–H groups in total. The van der Waals surface area contributed by atoms with Gasteiger partial charge >= 0.3 is 11.9 Å². The Bertz CT molecular complexity index is 1920. The second kappa shape index (κ2) is 10.1. The van der Waals surface area contributed by atoms with Crippen molar-refractivity contribution in [1.29, 1.82) is 0 Å². The van der Waals surface area contributed by atoms with Crippen molar-refractivity contribution >= 4 is 22.9 Å². The summed E-state index contributed by atoms with van der Waals surface area (Å²) in [7, 11) is 1.43. The molecule has 0 spiro atoms. The molecule has 0 aliphatic carbocycles. The Morgan fingerprint density at radius 2 is 1.90 bits per heavy atom. The molecular weight excluding hydrogens is 547 g/mol. The molecule has 1 atom stereocenters. The van der Waals surface area contributed by atoms with Gasteiger partial charge in [-0.1, -0.05) is 11.2 Å². The lowest BCUT2D eigenvalue weighted by molar-refractivity contribution is -0.138. The minimum absolute atomic E-state index is 0.0156. The van der Waals surface area contributed by atoms with Gasteiger partial charge in [0.1, 0.15) is 18.4 Å². The summed E-state index contributed by atoms with van der Waals surface area (Å²) in [5.74, 6) is -0.151. The molecular formula is C25H22F3N9O4. The maximum atomic E-state index is 13.4. The van der Waals surface area contributed by atoms with Gasteiger partial charge in [0.15, 0.2) is 17.0 Å². The van der Waals surface area contributed by atoms with Gasteiger partial charge in [0.25, 0.3) is 5.56 Å². The average Bonchev–Trinajstić information content (AvgIpc) is 3.55. The maximum Gasteiger partial charge on any atom is 0.418 e. The standard InChI is InChI=1S/C25H22F3N9O4/c1-12-16(25(26,27)28)8-15(9-29-12)17-6-5-7-18(32-17)33-22(38)13(2)37-11-30-21-20(37)23(39)36(24(40)35(21)4)10-19-31-14(3)34-41-19/h5-9,11,13H,10H2,1-4H3,(H,32,33,38)/t13-/m0/s1. The Morgan fingerprint density at radius 1 is 1.15 bits per heavy atom. The van der Waals surface area contributed by atoms with E-state index in [9.17, 15) is 27.6 Å². The van der Waals surface area contributed by atoms with Crippen molar-refractivity contribution in [2.24, 2.45) is 7.05 Å². The third-order valence-corrected chi connectivity index (χ3v) is 6.41. The second-order valence-electron chi connectivity index (χ2n) is 9.22. The number of aryl methyl sites for hydroxylation is 3. The first kappa shape index (κ1) is 27.4. The van der Waals surface area contributed by atoms with Crippen molar-refractivity contribution in [3.05, 3.63) is 80.6 Å². The molecule has 5 rings (SSSR count). The van der Waals surface area contributed by atoms with Crippen LogP contribution >= 0.6 is 0 Å². The van der Waals surface area contributed by atoms with E-state index in [-0.39, 0.29) is 46.4 Å². The summed E-state index contributed by atoms with van der Waals surface area (Å²) >= 11 is 0. The topological polar surface area (TPSA) is 156 Å². The summed E-state index contributed by atoms with van der Waals surface area (Å²) in [4.78, 5) is 55.7. The number of nitrogens with zero attached hydrogens (tertiary/aromatic N) is 8. The Hall–Kier alpha value is -5.15. The van der Waals surface area contributed by atoms with Gasteiger partial charge in [0.2, 0.25) is 11.8 Å². The van der Waals surface area contributed by atoms with Crippen LogP contribution in [0, 0.1) is 13.8 Å². The number of imidazole rings is 1. The number of hydrogen-bond acceptors (Lipinski definition) is 9. The number of rotatable bonds is 6. The first-order valence-electron chi connectivity index (χ1n) is 12.1. The monoisotopic (exact) mass is 569 g/mol. The van der Waals surface area contributed by atoms with Crippen molar-refractivity contribution in [2.45, 2.75) is 39.5 Å². The fraction of sp³-hybridized carbons (Fsp3) is 0.280. The van der Waals surface area contributed by atoms with Crippen LogP contribution in [0.3, 0.4) is 0 Å². The first-order valence-corrected chi connectivity index (χ1v) is 12.1. The number of carbonyl (C=O) groups is 1. The molecule has 0 aromatic carbocycles. The third kappa shape index (κ3) is 5.10. The van der Waals surface area contributed by atoms with E-state index in [1.165, 1.54) is 56.2 Å². The van der Waals surface area contributed by atoms with Crippen molar-refractivity contribution in [3.63, 3.8) is 0 Å². The van der Waals surface area contributed by atoms with E-state index in [1.807, 2.05) is 0 Å². The lowest BCUT2D eigenvalue weighted by Crippen LogP contribution is -2.40. The highest BCUT2D eigenvalue weighted by atomic mass is 19.4. The summed E-state index contributed by atoms with van der Waals surface area (Å²) in [6.45, 7) is 4.08. The van der Waals surface area contributed by atoms with Crippen LogP contribution in [0.15, 0.2) is 50.9 Å². The molecule has 16 heteroatoms. The van der Waals surface area contributed by atoms with Gasteiger partial charge in [0, 0.05) is 24.5 Å². The van der Waals surface area contributed by atoms with E-state index in [4.69, 9.17) is 4.52 Å². The molecule has 0 bridgehead atoms. The quantitative estimate of drug-likeness (QED) is 0.325. The molecule has 0 saturated carbocycles. The lowest BCUT2D eigenvalue weighted by Gasteiger charge is -2.15. The van der Waals surface area contributed by atoms with Crippen LogP contribution in [0.1, 0.15) is 35.9 Å². The molecule has 13 nitrogen and oxygen atoms in total. The van der Waals surface area contributed by atoms with Crippen LogP contribution in [0.25, 0.3) is 22.4 Å². The van der Waals surface area contributed by atoms with E-state index < -0.39 is 34.9 Å². The summed E-state index contributed by atoms with van der Waals surface area (Å²) in [6, 6.07) is 4.42. The molecule has 0 radical (unpaired) electrons. The highest BCUT2D eigenvalue weighted by Gasteiger charge is 2.33. The van der Waals surface area contributed by atoms with E-state index in [2.05, 4.69) is 30.4 Å². The van der Waals surface area contributed by atoms with E-state index in [0.29, 0.717) is 5.82 Å². The smallest absolute Gasteiger partial charge is 0.337 e. The Labute approximate surface area is 228 Å². The van der Waals surface area contributed by atoms with Gasteiger partial charge in [-0.25, -0.2) is 19.3 Å². The number of nitrogens with one attached hydrogen (secondary N) is 1.